The zero-order chi connectivity index (χ0) is 25.2. The van der Waals surface area contributed by atoms with Crippen LogP contribution in [0.15, 0.2) is 151 Å². The van der Waals surface area contributed by atoms with Crippen LogP contribution < -0.4 is 15.6 Å². The lowest BCUT2D eigenvalue weighted by molar-refractivity contribution is 1.61. The first kappa shape index (κ1) is 23.4. The molecule has 0 unspecified atom stereocenters. The van der Waals surface area contributed by atoms with Crippen molar-refractivity contribution in [3.8, 4) is 11.1 Å². The Morgan fingerprint density at radius 2 is 1.19 bits per heavy atom. The summed E-state index contributed by atoms with van der Waals surface area (Å²) < 4.78 is 2.69. The van der Waals surface area contributed by atoms with Crippen LogP contribution in [0.3, 0.4) is 0 Å². The highest BCUT2D eigenvalue weighted by atomic mass is 32.1. The number of benzene rings is 5. The molecule has 2 heteroatoms. The molecule has 1 aromatic heterocycles. The average molecular weight is 509 g/mol. The highest BCUT2D eigenvalue weighted by Gasteiger charge is 2.41. The number of hydrogen-bond donors (Lipinski definition) is 0. The van der Waals surface area contributed by atoms with Gasteiger partial charge in [0.25, 0.3) is 0 Å². The SMILES string of the molecule is C=CC(=CC)[Si](c1ccccc1)(c1ccccc1)c1ccc(-c2cccc3c2sc2ccccc23)cc1. The summed E-state index contributed by atoms with van der Waals surface area (Å²) in [6.07, 6.45) is 4.32. The van der Waals surface area contributed by atoms with E-state index in [1.54, 1.807) is 0 Å². The standard InChI is InChI=1S/C35H28SSi/c1-3-27(4-2)37(28-14-7-5-8-15-28,29-16-9-6-10-17-29)30-24-22-26(23-25-30)31-19-13-20-33-32-18-11-12-21-34(32)36-35(31)33/h3-25H,1H2,2H3. The van der Waals surface area contributed by atoms with E-state index in [9.17, 15) is 0 Å². The molecule has 0 saturated heterocycles. The van der Waals surface area contributed by atoms with Crippen LogP contribution >= 0.6 is 11.3 Å². The summed E-state index contributed by atoms with van der Waals surface area (Å²) >= 11 is 1.89. The van der Waals surface area contributed by atoms with Crippen molar-refractivity contribution < 1.29 is 0 Å². The van der Waals surface area contributed by atoms with Gasteiger partial charge >= 0.3 is 0 Å². The topological polar surface area (TPSA) is 0 Å². The summed E-state index contributed by atoms with van der Waals surface area (Å²) in [5.41, 5.74) is 2.55. The van der Waals surface area contributed by atoms with Gasteiger partial charge in [-0.25, -0.2) is 0 Å². The molecule has 6 rings (SSSR count). The summed E-state index contributed by atoms with van der Waals surface area (Å²) in [7, 11) is -2.51. The van der Waals surface area contributed by atoms with Crippen LogP contribution in [0.25, 0.3) is 31.3 Å². The van der Waals surface area contributed by atoms with E-state index in [1.807, 2.05) is 11.3 Å². The Bertz CT molecular complexity index is 1690. The highest BCUT2D eigenvalue weighted by molar-refractivity contribution is 7.26. The van der Waals surface area contributed by atoms with Crippen molar-refractivity contribution in [3.05, 3.63) is 151 Å². The molecule has 0 fully saturated rings. The predicted octanol–water partition coefficient (Wildman–Crippen LogP) is 7.86. The molecule has 37 heavy (non-hydrogen) atoms. The van der Waals surface area contributed by atoms with Crippen molar-refractivity contribution in [1.29, 1.82) is 0 Å². The molecule has 0 atom stereocenters. The molecule has 178 valence electrons. The summed E-state index contributed by atoms with van der Waals surface area (Å²) in [6, 6.07) is 46.8. The number of thiophene rings is 1. The number of allylic oxidation sites excluding steroid dienone is 3. The zero-order valence-electron chi connectivity index (χ0n) is 20.9. The molecule has 5 aromatic carbocycles. The van der Waals surface area contributed by atoms with Gasteiger partial charge in [0.1, 0.15) is 0 Å². The van der Waals surface area contributed by atoms with Crippen molar-refractivity contribution in [1.82, 2.24) is 0 Å². The molecular weight excluding hydrogens is 481 g/mol. The van der Waals surface area contributed by atoms with E-state index in [2.05, 4.69) is 153 Å². The second-order valence-corrected chi connectivity index (χ2v) is 14.1. The molecular formula is C35H28SSi. The molecule has 6 aromatic rings. The number of fused-ring (bicyclic) bond motifs is 3. The Morgan fingerprint density at radius 1 is 0.622 bits per heavy atom. The summed E-state index contributed by atoms with van der Waals surface area (Å²) in [6.45, 7) is 6.40. The first-order valence-electron chi connectivity index (χ1n) is 12.7. The molecule has 0 radical (unpaired) electrons. The van der Waals surface area contributed by atoms with Gasteiger partial charge in [0.05, 0.1) is 0 Å². The molecule has 0 aliphatic rings. The van der Waals surface area contributed by atoms with Gasteiger partial charge in [0.2, 0.25) is 0 Å². The molecule has 0 aliphatic heterocycles. The minimum Gasteiger partial charge on any atom is -0.135 e. The molecule has 0 nitrogen and oxygen atoms in total. The minimum atomic E-state index is -2.51. The molecule has 0 N–H and O–H groups in total. The molecule has 0 spiro atoms. The molecule has 1 heterocycles. The third-order valence-corrected chi connectivity index (χ3v) is 13.6. The predicted molar refractivity (Wildman–Crippen MR) is 166 cm³/mol. The zero-order valence-corrected chi connectivity index (χ0v) is 22.7. The second kappa shape index (κ2) is 9.82. The highest BCUT2D eigenvalue weighted by Crippen LogP contribution is 2.39. The Balaban J connectivity index is 1.57. The summed E-state index contributed by atoms with van der Waals surface area (Å²) in [5.74, 6) is 0. The maximum Gasteiger partial charge on any atom is 0.179 e. The van der Waals surface area contributed by atoms with Gasteiger partial charge in [-0.15, -0.1) is 11.3 Å². The van der Waals surface area contributed by atoms with E-state index in [0.717, 1.165) is 0 Å². The Kier molecular flexibility index (Phi) is 6.21. The largest absolute Gasteiger partial charge is 0.179 e. The monoisotopic (exact) mass is 508 g/mol. The average Bonchev–Trinajstić information content (AvgIpc) is 3.36. The molecule has 0 amide bonds. The second-order valence-electron chi connectivity index (χ2n) is 9.29. The van der Waals surface area contributed by atoms with Crippen LogP contribution in [0.1, 0.15) is 6.92 Å². The third kappa shape index (κ3) is 3.81. The van der Waals surface area contributed by atoms with Gasteiger partial charge in [0, 0.05) is 20.2 Å². The van der Waals surface area contributed by atoms with Crippen molar-refractivity contribution in [2.45, 2.75) is 6.92 Å². The van der Waals surface area contributed by atoms with Gasteiger partial charge in [0.15, 0.2) is 8.07 Å². The van der Waals surface area contributed by atoms with Gasteiger partial charge in [-0.2, -0.15) is 0 Å². The number of rotatable bonds is 6. The van der Waals surface area contributed by atoms with Gasteiger partial charge < -0.3 is 0 Å². The Labute approximate surface area is 223 Å². The van der Waals surface area contributed by atoms with Crippen LogP contribution in [0.4, 0.5) is 0 Å². The fraction of sp³-hybridized carbons (Fsp3) is 0.0286. The van der Waals surface area contributed by atoms with Crippen LogP contribution in [0, 0.1) is 0 Å². The molecule has 0 aliphatic carbocycles. The van der Waals surface area contributed by atoms with Crippen molar-refractivity contribution in [2.24, 2.45) is 0 Å². The lowest BCUT2D eigenvalue weighted by Gasteiger charge is -2.35. The van der Waals surface area contributed by atoms with Crippen LogP contribution in [-0.4, -0.2) is 8.07 Å². The van der Waals surface area contributed by atoms with E-state index in [0.29, 0.717) is 0 Å². The minimum absolute atomic E-state index is 1.26. The van der Waals surface area contributed by atoms with Gasteiger partial charge in [-0.3, -0.25) is 0 Å². The summed E-state index contributed by atoms with van der Waals surface area (Å²) in [4.78, 5) is 0. The first-order chi connectivity index (χ1) is 18.3. The number of hydrogen-bond acceptors (Lipinski definition) is 1. The van der Waals surface area contributed by atoms with Crippen molar-refractivity contribution in [2.75, 3.05) is 0 Å². The molecule has 0 saturated carbocycles. The van der Waals surface area contributed by atoms with E-state index in [-0.39, 0.29) is 0 Å². The normalized spacial score (nSPS) is 12.2. The van der Waals surface area contributed by atoms with E-state index in [1.165, 1.54) is 52.1 Å². The quantitative estimate of drug-likeness (QED) is 0.122. The van der Waals surface area contributed by atoms with Crippen LogP contribution in [-0.2, 0) is 0 Å². The smallest absolute Gasteiger partial charge is 0.135 e. The lowest BCUT2D eigenvalue weighted by atomic mass is 10.0. The fourth-order valence-corrected chi connectivity index (χ4v) is 11.8. The lowest BCUT2D eigenvalue weighted by Crippen LogP contribution is -2.68. The van der Waals surface area contributed by atoms with E-state index < -0.39 is 8.07 Å². The fourth-order valence-electron chi connectivity index (χ4n) is 5.74. The molecule has 0 bridgehead atoms. The van der Waals surface area contributed by atoms with Gasteiger partial charge in [-0.05, 0) is 39.7 Å². The van der Waals surface area contributed by atoms with E-state index >= 15 is 0 Å². The van der Waals surface area contributed by atoms with Crippen LogP contribution in [0.5, 0.6) is 0 Å². The summed E-state index contributed by atoms with van der Waals surface area (Å²) in [5, 5.41) is 8.09. The van der Waals surface area contributed by atoms with Crippen molar-refractivity contribution in [3.63, 3.8) is 0 Å². The van der Waals surface area contributed by atoms with E-state index in [4.69, 9.17) is 0 Å². The Morgan fingerprint density at radius 3 is 1.81 bits per heavy atom. The third-order valence-electron chi connectivity index (χ3n) is 7.41. The Hall–Kier alpha value is -3.98. The van der Waals surface area contributed by atoms with Crippen LogP contribution in [0.2, 0.25) is 0 Å². The van der Waals surface area contributed by atoms with Gasteiger partial charge in [-0.1, -0.05) is 145 Å². The maximum atomic E-state index is 4.26. The van der Waals surface area contributed by atoms with Crippen molar-refractivity contribution >= 4 is 55.1 Å². The maximum absolute atomic E-state index is 4.26. The first-order valence-corrected chi connectivity index (χ1v) is 15.5.